The maximum absolute atomic E-state index is 13.2. The molecule has 3 rings (SSSR count). The number of halogens is 3. The molecule has 140 valence electrons. The topological polar surface area (TPSA) is 46.9 Å². The van der Waals surface area contributed by atoms with Crippen molar-refractivity contribution >= 4 is 23.2 Å². The largest absolute Gasteiger partial charge is 0.323 e. The molecule has 4 nitrogen and oxygen atoms in total. The average molecular weight is 390 g/mol. The second-order valence-electron chi connectivity index (χ2n) is 6.29. The molecule has 1 N–H and O–H groups in total. The minimum Gasteiger partial charge on any atom is -0.323 e. The van der Waals surface area contributed by atoms with Crippen molar-refractivity contribution in [2.75, 3.05) is 5.32 Å². The van der Waals surface area contributed by atoms with E-state index in [1.165, 1.54) is 24.3 Å². The van der Waals surface area contributed by atoms with Crippen LogP contribution < -0.4 is 5.32 Å². The number of anilines is 1. The number of nitrogens with zero attached hydrogens (tertiary/aromatic N) is 2. The molecule has 0 atom stereocenters. The quantitative estimate of drug-likeness (QED) is 0.689. The Morgan fingerprint density at radius 1 is 1.11 bits per heavy atom. The molecular weight excluding hydrogens is 372 g/mol. The highest BCUT2D eigenvalue weighted by atomic mass is 35.5. The van der Waals surface area contributed by atoms with Crippen molar-refractivity contribution < 1.29 is 13.6 Å². The highest BCUT2D eigenvalue weighted by molar-refractivity contribution is 6.31. The molecule has 2 aromatic carbocycles. The minimum atomic E-state index is -0.397. The van der Waals surface area contributed by atoms with Gasteiger partial charge < -0.3 is 5.32 Å². The van der Waals surface area contributed by atoms with Crippen LogP contribution in [0.2, 0.25) is 5.02 Å². The molecule has 27 heavy (non-hydrogen) atoms. The van der Waals surface area contributed by atoms with Gasteiger partial charge in [-0.15, -0.1) is 0 Å². The average Bonchev–Trinajstić information content (AvgIpc) is 2.87. The standard InChI is InChI=1S/C20H18ClF2N3O/c1-12-20(24-19(27)9-14-3-6-16(22)7-4-14)13(2)26(25-12)11-15-5-8-17(23)10-18(15)21/h3-8,10H,9,11H2,1-2H3,(H,24,27). The summed E-state index contributed by atoms with van der Waals surface area (Å²) in [6.07, 6.45) is 0.133. The smallest absolute Gasteiger partial charge is 0.228 e. The van der Waals surface area contributed by atoms with Gasteiger partial charge in [-0.3, -0.25) is 9.48 Å². The van der Waals surface area contributed by atoms with Gasteiger partial charge in [0.25, 0.3) is 0 Å². The van der Waals surface area contributed by atoms with Crippen LogP contribution in [0.4, 0.5) is 14.5 Å². The van der Waals surface area contributed by atoms with Gasteiger partial charge in [0.15, 0.2) is 0 Å². The van der Waals surface area contributed by atoms with E-state index in [1.54, 1.807) is 29.8 Å². The highest BCUT2D eigenvalue weighted by Crippen LogP contribution is 2.23. The van der Waals surface area contributed by atoms with Crippen molar-refractivity contribution in [1.29, 1.82) is 0 Å². The summed E-state index contributed by atoms with van der Waals surface area (Å²) in [5.74, 6) is -0.954. The van der Waals surface area contributed by atoms with Gasteiger partial charge in [0.05, 0.1) is 30.0 Å². The molecule has 0 bridgehead atoms. The molecule has 0 unspecified atom stereocenters. The number of aromatic nitrogens is 2. The molecule has 0 radical (unpaired) electrons. The molecule has 0 aliphatic carbocycles. The fraction of sp³-hybridized carbons (Fsp3) is 0.200. The predicted molar refractivity (Wildman–Crippen MR) is 101 cm³/mol. The molecule has 1 aromatic heterocycles. The van der Waals surface area contributed by atoms with Gasteiger partial charge in [0.1, 0.15) is 11.6 Å². The Hall–Kier alpha value is -2.73. The second kappa shape index (κ2) is 7.88. The summed E-state index contributed by atoms with van der Waals surface area (Å²) in [5.41, 5.74) is 3.50. The van der Waals surface area contributed by atoms with Gasteiger partial charge in [0, 0.05) is 5.02 Å². The van der Waals surface area contributed by atoms with Crippen LogP contribution in [-0.2, 0) is 17.8 Å². The van der Waals surface area contributed by atoms with E-state index in [4.69, 9.17) is 11.6 Å². The van der Waals surface area contributed by atoms with Gasteiger partial charge >= 0.3 is 0 Å². The fourth-order valence-electron chi connectivity index (χ4n) is 2.81. The molecule has 0 aliphatic heterocycles. The maximum atomic E-state index is 13.2. The van der Waals surface area contributed by atoms with Crippen LogP contribution in [0.3, 0.4) is 0 Å². The molecule has 0 aliphatic rings. The summed E-state index contributed by atoms with van der Waals surface area (Å²) >= 11 is 6.09. The summed E-state index contributed by atoms with van der Waals surface area (Å²) < 4.78 is 27.9. The Kier molecular flexibility index (Phi) is 5.56. The molecule has 3 aromatic rings. The van der Waals surface area contributed by atoms with Crippen LogP contribution in [0, 0.1) is 25.5 Å². The SMILES string of the molecule is Cc1nn(Cc2ccc(F)cc2Cl)c(C)c1NC(=O)Cc1ccc(F)cc1. The number of carbonyl (C=O) groups excluding carboxylic acids is 1. The van der Waals surface area contributed by atoms with E-state index in [-0.39, 0.29) is 18.1 Å². The van der Waals surface area contributed by atoms with E-state index in [9.17, 15) is 13.6 Å². The van der Waals surface area contributed by atoms with Gasteiger partial charge in [-0.1, -0.05) is 29.8 Å². The van der Waals surface area contributed by atoms with E-state index in [0.29, 0.717) is 22.9 Å². The zero-order valence-corrected chi connectivity index (χ0v) is 15.6. The van der Waals surface area contributed by atoms with Crippen LogP contribution in [0.15, 0.2) is 42.5 Å². The summed E-state index contributed by atoms with van der Waals surface area (Å²) in [4.78, 5) is 12.3. The molecule has 1 amide bonds. The summed E-state index contributed by atoms with van der Waals surface area (Å²) in [6, 6.07) is 10.0. The van der Waals surface area contributed by atoms with Crippen molar-refractivity contribution in [3.05, 3.63) is 81.6 Å². The van der Waals surface area contributed by atoms with Crippen LogP contribution >= 0.6 is 11.6 Å². The zero-order chi connectivity index (χ0) is 19.6. The van der Waals surface area contributed by atoms with Crippen LogP contribution in [0.5, 0.6) is 0 Å². The molecule has 0 fully saturated rings. The lowest BCUT2D eigenvalue weighted by Gasteiger charge is -2.09. The molecule has 0 spiro atoms. The Labute approximate surface area is 160 Å². The molecule has 7 heteroatoms. The van der Waals surface area contributed by atoms with E-state index in [2.05, 4.69) is 10.4 Å². The third-order valence-corrected chi connectivity index (χ3v) is 4.61. The van der Waals surface area contributed by atoms with Gasteiger partial charge in [-0.05, 0) is 49.2 Å². The molecule has 1 heterocycles. The predicted octanol–water partition coefficient (Wildman–Crippen LogP) is 4.66. The van der Waals surface area contributed by atoms with Gasteiger partial charge in [-0.2, -0.15) is 5.10 Å². The highest BCUT2D eigenvalue weighted by Gasteiger charge is 2.15. The first-order valence-electron chi connectivity index (χ1n) is 8.35. The Morgan fingerprint density at radius 2 is 1.78 bits per heavy atom. The number of carbonyl (C=O) groups is 1. The van der Waals surface area contributed by atoms with Crippen LogP contribution in [0.1, 0.15) is 22.5 Å². The minimum absolute atomic E-state index is 0.133. The van der Waals surface area contributed by atoms with Crippen molar-refractivity contribution in [2.24, 2.45) is 0 Å². The second-order valence-corrected chi connectivity index (χ2v) is 6.70. The van der Waals surface area contributed by atoms with E-state index in [0.717, 1.165) is 16.8 Å². The van der Waals surface area contributed by atoms with Crippen molar-refractivity contribution in [3.8, 4) is 0 Å². The van der Waals surface area contributed by atoms with E-state index >= 15 is 0 Å². The first kappa shape index (κ1) is 19.0. The number of nitrogens with one attached hydrogen (secondary N) is 1. The van der Waals surface area contributed by atoms with E-state index < -0.39 is 5.82 Å². The first-order chi connectivity index (χ1) is 12.8. The molecule has 0 saturated heterocycles. The first-order valence-corrected chi connectivity index (χ1v) is 8.73. The van der Waals surface area contributed by atoms with Gasteiger partial charge in [-0.25, -0.2) is 8.78 Å². The lowest BCUT2D eigenvalue weighted by atomic mass is 10.1. The summed E-state index contributed by atoms with van der Waals surface area (Å²) in [7, 11) is 0. The number of aryl methyl sites for hydroxylation is 1. The third kappa shape index (κ3) is 4.52. The van der Waals surface area contributed by atoms with Crippen molar-refractivity contribution in [1.82, 2.24) is 9.78 Å². The fourth-order valence-corrected chi connectivity index (χ4v) is 3.04. The third-order valence-electron chi connectivity index (χ3n) is 4.26. The summed E-state index contributed by atoms with van der Waals surface area (Å²) in [6.45, 7) is 3.99. The molecule has 0 saturated carbocycles. The lowest BCUT2D eigenvalue weighted by Crippen LogP contribution is -2.15. The number of rotatable bonds is 5. The monoisotopic (exact) mass is 389 g/mol. The van der Waals surface area contributed by atoms with Crippen molar-refractivity contribution in [2.45, 2.75) is 26.8 Å². The van der Waals surface area contributed by atoms with Crippen LogP contribution in [-0.4, -0.2) is 15.7 Å². The van der Waals surface area contributed by atoms with Crippen LogP contribution in [0.25, 0.3) is 0 Å². The lowest BCUT2D eigenvalue weighted by molar-refractivity contribution is -0.115. The Balaban J connectivity index is 1.75. The molecular formula is C20H18ClF2N3O. The maximum Gasteiger partial charge on any atom is 0.228 e. The van der Waals surface area contributed by atoms with Crippen molar-refractivity contribution in [3.63, 3.8) is 0 Å². The normalized spacial score (nSPS) is 10.9. The number of amides is 1. The number of hydrogen-bond acceptors (Lipinski definition) is 2. The Morgan fingerprint density at radius 3 is 2.44 bits per heavy atom. The summed E-state index contributed by atoms with van der Waals surface area (Å²) in [5, 5.41) is 7.63. The Bertz CT molecular complexity index is 984. The number of hydrogen-bond donors (Lipinski definition) is 1. The van der Waals surface area contributed by atoms with Gasteiger partial charge in [0.2, 0.25) is 5.91 Å². The zero-order valence-electron chi connectivity index (χ0n) is 14.9. The van der Waals surface area contributed by atoms with E-state index in [1.807, 2.05) is 6.92 Å². The number of benzene rings is 2.